The highest BCUT2D eigenvalue weighted by atomic mass is 35.5. The van der Waals surface area contributed by atoms with Gasteiger partial charge in [-0.1, -0.05) is 23.7 Å². The van der Waals surface area contributed by atoms with Crippen LogP contribution in [0.25, 0.3) is 0 Å². The van der Waals surface area contributed by atoms with Crippen LogP contribution in [0.4, 0.5) is 5.82 Å². The highest BCUT2D eigenvalue weighted by molar-refractivity contribution is 6.30. The van der Waals surface area contributed by atoms with Crippen molar-refractivity contribution in [1.29, 1.82) is 0 Å². The number of amides is 1. The molecule has 4 nitrogen and oxygen atoms in total. The Kier molecular flexibility index (Phi) is 4.50. The first-order valence-electron chi connectivity index (χ1n) is 10.6. The maximum Gasteiger partial charge on any atom is 0.226 e. The minimum atomic E-state index is 0.137. The Morgan fingerprint density at radius 2 is 1.75 bits per heavy atom. The van der Waals surface area contributed by atoms with Gasteiger partial charge in [0.05, 0.1) is 6.54 Å². The zero-order valence-electron chi connectivity index (χ0n) is 16.5. The number of hydrogen-bond donors (Lipinski definition) is 1. The third-order valence-corrected chi connectivity index (χ3v) is 7.45. The number of halogens is 1. The SMILES string of the molecule is Cc1cc(NC(=O)CC23CC4CC(CC(C4)C2)C3)nn1Cc1ccc(Cl)cc1. The van der Waals surface area contributed by atoms with E-state index in [1.807, 2.05) is 41.9 Å². The lowest BCUT2D eigenvalue weighted by Crippen LogP contribution is -2.47. The Balaban J connectivity index is 1.24. The summed E-state index contributed by atoms with van der Waals surface area (Å²) in [7, 11) is 0. The van der Waals surface area contributed by atoms with Crippen molar-refractivity contribution >= 4 is 23.3 Å². The van der Waals surface area contributed by atoms with E-state index in [0.29, 0.717) is 18.8 Å². The van der Waals surface area contributed by atoms with Crippen LogP contribution in [0.1, 0.15) is 56.2 Å². The Hall–Kier alpha value is -1.81. The first-order valence-corrected chi connectivity index (χ1v) is 10.9. The fraction of sp³-hybridized carbons (Fsp3) is 0.565. The molecule has 4 aliphatic rings. The lowest BCUT2D eigenvalue weighted by atomic mass is 9.49. The van der Waals surface area contributed by atoms with Gasteiger partial charge in [-0.2, -0.15) is 5.10 Å². The Bertz CT molecular complexity index is 850. The van der Waals surface area contributed by atoms with E-state index in [9.17, 15) is 4.79 Å². The summed E-state index contributed by atoms with van der Waals surface area (Å²) < 4.78 is 1.93. The fourth-order valence-electron chi connectivity index (χ4n) is 6.53. The Labute approximate surface area is 171 Å². The van der Waals surface area contributed by atoms with E-state index in [4.69, 9.17) is 11.6 Å². The number of nitrogens with one attached hydrogen (secondary N) is 1. The van der Waals surface area contributed by atoms with Crippen LogP contribution in [0.15, 0.2) is 30.3 Å². The van der Waals surface area contributed by atoms with Gasteiger partial charge in [0.15, 0.2) is 5.82 Å². The van der Waals surface area contributed by atoms with Gasteiger partial charge in [0, 0.05) is 23.2 Å². The number of carbonyl (C=O) groups is 1. The summed E-state index contributed by atoms with van der Waals surface area (Å²) in [6.07, 6.45) is 8.68. The number of rotatable bonds is 5. The van der Waals surface area contributed by atoms with Gasteiger partial charge in [-0.25, -0.2) is 0 Å². The molecule has 1 heterocycles. The molecule has 0 radical (unpaired) electrons. The standard InChI is InChI=1S/C23H28ClN3O/c1-15-6-21(26-27(15)14-16-2-4-20(24)5-3-16)25-22(28)13-23-10-17-7-18(11-23)9-19(8-17)12-23/h2-6,17-19H,7-14H2,1H3,(H,25,26,28). The number of nitrogens with zero attached hydrogens (tertiary/aromatic N) is 2. The normalized spacial score (nSPS) is 30.6. The second-order valence-corrected chi connectivity index (χ2v) is 10.0. The highest BCUT2D eigenvalue weighted by Crippen LogP contribution is 2.61. The summed E-state index contributed by atoms with van der Waals surface area (Å²) in [6, 6.07) is 9.77. The van der Waals surface area contributed by atoms with Crippen LogP contribution < -0.4 is 5.32 Å². The molecule has 1 aromatic heterocycles. The van der Waals surface area contributed by atoms with Crippen molar-refractivity contribution in [3.63, 3.8) is 0 Å². The lowest BCUT2D eigenvalue weighted by molar-refractivity contribution is -0.124. The number of benzene rings is 1. The topological polar surface area (TPSA) is 46.9 Å². The van der Waals surface area contributed by atoms with Crippen LogP contribution >= 0.6 is 11.6 Å². The van der Waals surface area contributed by atoms with Crippen molar-refractivity contribution in [3.8, 4) is 0 Å². The zero-order valence-corrected chi connectivity index (χ0v) is 17.2. The van der Waals surface area contributed by atoms with Crippen molar-refractivity contribution in [2.75, 3.05) is 5.32 Å². The average Bonchev–Trinajstić information content (AvgIpc) is 2.94. The van der Waals surface area contributed by atoms with Gasteiger partial charge in [0.2, 0.25) is 5.91 Å². The summed E-state index contributed by atoms with van der Waals surface area (Å²) in [4.78, 5) is 12.8. The van der Waals surface area contributed by atoms with Gasteiger partial charge in [0.1, 0.15) is 0 Å². The minimum absolute atomic E-state index is 0.137. The number of anilines is 1. The summed E-state index contributed by atoms with van der Waals surface area (Å²) in [5.41, 5.74) is 2.45. The first-order chi connectivity index (χ1) is 13.5. The molecular weight excluding hydrogens is 370 g/mol. The van der Waals surface area contributed by atoms with E-state index in [0.717, 1.165) is 34.0 Å². The highest BCUT2D eigenvalue weighted by Gasteiger charge is 2.51. The van der Waals surface area contributed by atoms with E-state index in [1.54, 1.807) is 0 Å². The van der Waals surface area contributed by atoms with Gasteiger partial charge >= 0.3 is 0 Å². The maximum atomic E-state index is 12.8. The molecule has 4 saturated carbocycles. The molecule has 4 fully saturated rings. The van der Waals surface area contributed by atoms with Crippen LogP contribution in [0.3, 0.4) is 0 Å². The van der Waals surface area contributed by atoms with Gasteiger partial charge in [0.25, 0.3) is 0 Å². The van der Waals surface area contributed by atoms with Crippen molar-refractivity contribution < 1.29 is 4.79 Å². The molecule has 0 saturated heterocycles. The van der Waals surface area contributed by atoms with E-state index in [2.05, 4.69) is 10.4 Å². The fourth-order valence-corrected chi connectivity index (χ4v) is 6.65. The van der Waals surface area contributed by atoms with Crippen LogP contribution in [0, 0.1) is 30.1 Å². The third kappa shape index (κ3) is 3.59. The molecule has 148 valence electrons. The summed E-state index contributed by atoms with van der Waals surface area (Å²) in [6.45, 7) is 2.70. The first kappa shape index (κ1) is 18.2. The van der Waals surface area contributed by atoms with Crippen LogP contribution in [0.5, 0.6) is 0 Å². The monoisotopic (exact) mass is 397 g/mol. The minimum Gasteiger partial charge on any atom is -0.309 e. The summed E-state index contributed by atoms with van der Waals surface area (Å²) in [5.74, 6) is 3.43. The molecule has 1 aromatic carbocycles. The van der Waals surface area contributed by atoms with E-state index in [-0.39, 0.29) is 11.3 Å². The second-order valence-electron chi connectivity index (χ2n) is 9.60. The molecule has 5 heteroatoms. The van der Waals surface area contributed by atoms with Gasteiger partial charge in [-0.05, 0) is 86.3 Å². The third-order valence-electron chi connectivity index (χ3n) is 7.19. The van der Waals surface area contributed by atoms with E-state index in [1.165, 1.54) is 38.5 Å². The van der Waals surface area contributed by atoms with E-state index < -0.39 is 0 Å². The second kappa shape index (κ2) is 6.91. The van der Waals surface area contributed by atoms with Crippen molar-refractivity contribution in [2.24, 2.45) is 23.2 Å². The molecular formula is C23H28ClN3O. The maximum absolute atomic E-state index is 12.8. The molecule has 4 aliphatic carbocycles. The Morgan fingerprint density at radius 3 is 2.36 bits per heavy atom. The molecule has 1 amide bonds. The quantitative estimate of drug-likeness (QED) is 0.730. The Morgan fingerprint density at radius 1 is 1.14 bits per heavy atom. The molecule has 1 N–H and O–H groups in total. The number of aromatic nitrogens is 2. The molecule has 0 atom stereocenters. The predicted molar refractivity (Wildman–Crippen MR) is 111 cm³/mol. The molecule has 4 bridgehead atoms. The van der Waals surface area contributed by atoms with Gasteiger partial charge in [-0.15, -0.1) is 0 Å². The van der Waals surface area contributed by atoms with E-state index >= 15 is 0 Å². The molecule has 0 unspecified atom stereocenters. The molecule has 0 aliphatic heterocycles. The molecule has 2 aromatic rings. The predicted octanol–water partition coefficient (Wildman–Crippen LogP) is 5.44. The van der Waals surface area contributed by atoms with Crippen LogP contribution in [-0.2, 0) is 11.3 Å². The smallest absolute Gasteiger partial charge is 0.226 e. The molecule has 0 spiro atoms. The lowest BCUT2D eigenvalue weighted by Gasteiger charge is -2.56. The summed E-state index contributed by atoms with van der Waals surface area (Å²) >= 11 is 5.97. The van der Waals surface area contributed by atoms with Gasteiger partial charge < -0.3 is 5.32 Å². The van der Waals surface area contributed by atoms with Gasteiger partial charge in [-0.3, -0.25) is 9.48 Å². The van der Waals surface area contributed by atoms with Crippen LogP contribution in [0.2, 0.25) is 5.02 Å². The average molecular weight is 398 g/mol. The zero-order chi connectivity index (χ0) is 19.3. The number of hydrogen-bond acceptors (Lipinski definition) is 2. The van der Waals surface area contributed by atoms with Crippen LogP contribution in [-0.4, -0.2) is 15.7 Å². The van der Waals surface area contributed by atoms with Crippen molar-refractivity contribution in [3.05, 3.63) is 46.6 Å². The number of aryl methyl sites for hydroxylation is 1. The summed E-state index contributed by atoms with van der Waals surface area (Å²) in [5, 5.41) is 8.43. The number of carbonyl (C=O) groups excluding carboxylic acids is 1. The van der Waals surface area contributed by atoms with Crippen molar-refractivity contribution in [2.45, 2.75) is 58.4 Å². The largest absolute Gasteiger partial charge is 0.309 e. The van der Waals surface area contributed by atoms with Crippen molar-refractivity contribution in [1.82, 2.24) is 9.78 Å². The molecule has 28 heavy (non-hydrogen) atoms. The molecule has 6 rings (SSSR count).